The van der Waals surface area contributed by atoms with Crippen LogP contribution < -0.4 is 4.74 Å². The molecule has 0 radical (unpaired) electrons. The zero-order chi connectivity index (χ0) is 15.2. The molecular weight excluding hydrogens is 280 g/mol. The molecule has 2 aliphatic heterocycles. The molecule has 0 aliphatic carbocycles. The highest BCUT2D eigenvalue weighted by atomic mass is 16.7. The number of hydrogen-bond donors (Lipinski definition) is 5. The van der Waals surface area contributed by atoms with Crippen molar-refractivity contribution in [1.29, 1.82) is 0 Å². The second-order valence-electron chi connectivity index (χ2n) is 5.47. The van der Waals surface area contributed by atoms with Crippen LogP contribution in [0.3, 0.4) is 0 Å². The number of benzene rings is 1. The highest BCUT2D eigenvalue weighted by Gasteiger charge is 2.56. The molecule has 1 fully saturated rings. The van der Waals surface area contributed by atoms with Gasteiger partial charge in [-0.3, -0.25) is 0 Å². The van der Waals surface area contributed by atoms with Crippen LogP contribution >= 0.6 is 0 Å². The molecule has 3 rings (SSSR count). The van der Waals surface area contributed by atoms with Crippen LogP contribution in [0.1, 0.15) is 12.0 Å². The van der Waals surface area contributed by atoms with Gasteiger partial charge in [0.15, 0.2) is 0 Å². The van der Waals surface area contributed by atoms with Gasteiger partial charge in [0.1, 0.15) is 35.9 Å². The summed E-state index contributed by atoms with van der Waals surface area (Å²) in [7, 11) is 0. The number of ether oxygens (including phenoxy) is 2. The first kappa shape index (κ1) is 14.6. The van der Waals surface area contributed by atoms with Gasteiger partial charge in [0.05, 0.1) is 6.61 Å². The lowest BCUT2D eigenvalue weighted by Crippen LogP contribution is -2.68. The van der Waals surface area contributed by atoms with Crippen molar-refractivity contribution in [3.05, 3.63) is 23.8 Å². The molecule has 1 spiro atoms. The molecule has 2 heterocycles. The van der Waals surface area contributed by atoms with E-state index >= 15 is 0 Å². The average molecular weight is 298 g/mol. The van der Waals surface area contributed by atoms with Gasteiger partial charge < -0.3 is 35.0 Å². The fourth-order valence-electron chi connectivity index (χ4n) is 2.91. The number of rotatable bonds is 1. The lowest BCUT2D eigenvalue weighted by Gasteiger charge is -2.49. The molecule has 0 bridgehead atoms. The predicted octanol–water partition coefficient (Wildman–Crippen LogP) is -1.11. The summed E-state index contributed by atoms with van der Waals surface area (Å²) in [5, 5.41) is 48.6. The third kappa shape index (κ3) is 2.27. The Hall–Kier alpha value is -1.38. The summed E-state index contributed by atoms with van der Waals surface area (Å²) >= 11 is 0. The van der Waals surface area contributed by atoms with Gasteiger partial charge in [-0.2, -0.15) is 0 Å². The number of aryl methyl sites for hydroxylation is 1. The number of hydrogen-bond acceptors (Lipinski definition) is 7. The van der Waals surface area contributed by atoms with Crippen molar-refractivity contribution < 1.29 is 35.0 Å². The standard InChI is InChI=1S/C14H18O7/c15-6-10-11(17)12(18)13(19)14(21-10)4-3-7-5-8(16)1-2-9(7)20-14/h1-2,5,10-13,15-19H,3-4,6H2/t10-,11-,12+,13+,14+/m1/s1. The van der Waals surface area contributed by atoms with Gasteiger partial charge in [0.2, 0.25) is 5.79 Å². The van der Waals surface area contributed by atoms with Gasteiger partial charge in [-0.25, -0.2) is 0 Å². The van der Waals surface area contributed by atoms with Crippen LogP contribution in [0.2, 0.25) is 0 Å². The molecule has 7 heteroatoms. The van der Waals surface area contributed by atoms with E-state index in [9.17, 15) is 25.5 Å². The van der Waals surface area contributed by atoms with E-state index in [1.165, 1.54) is 6.07 Å². The Morgan fingerprint density at radius 3 is 2.67 bits per heavy atom. The van der Waals surface area contributed by atoms with Crippen molar-refractivity contribution in [3.8, 4) is 11.5 Å². The van der Waals surface area contributed by atoms with Crippen LogP contribution in [0.25, 0.3) is 0 Å². The first-order valence-electron chi connectivity index (χ1n) is 6.80. The molecule has 0 unspecified atom stereocenters. The van der Waals surface area contributed by atoms with E-state index in [1.54, 1.807) is 12.1 Å². The third-order valence-electron chi connectivity index (χ3n) is 4.11. The average Bonchev–Trinajstić information content (AvgIpc) is 2.49. The van der Waals surface area contributed by atoms with E-state index in [0.29, 0.717) is 12.2 Å². The minimum Gasteiger partial charge on any atom is -0.508 e. The Bertz CT molecular complexity index is 532. The minimum absolute atomic E-state index is 0.113. The largest absolute Gasteiger partial charge is 0.508 e. The predicted molar refractivity (Wildman–Crippen MR) is 69.8 cm³/mol. The molecule has 0 amide bonds. The van der Waals surface area contributed by atoms with Gasteiger partial charge in [-0.05, 0) is 30.2 Å². The van der Waals surface area contributed by atoms with Gasteiger partial charge in [-0.15, -0.1) is 0 Å². The number of aliphatic hydroxyl groups excluding tert-OH is 4. The lowest BCUT2D eigenvalue weighted by atomic mass is 9.87. The van der Waals surface area contributed by atoms with Crippen LogP contribution in [-0.4, -0.2) is 62.3 Å². The van der Waals surface area contributed by atoms with Crippen LogP contribution in [0.5, 0.6) is 11.5 Å². The fraction of sp³-hybridized carbons (Fsp3) is 0.571. The smallest absolute Gasteiger partial charge is 0.240 e. The quantitative estimate of drug-likeness (QED) is 0.446. The molecule has 5 atom stereocenters. The molecule has 2 aliphatic rings. The maximum Gasteiger partial charge on any atom is 0.240 e. The third-order valence-corrected chi connectivity index (χ3v) is 4.11. The molecule has 1 aromatic carbocycles. The van der Waals surface area contributed by atoms with Crippen LogP contribution in [0, 0.1) is 0 Å². The first-order valence-corrected chi connectivity index (χ1v) is 6.80. The summed E-state index contributed by atoms with van der Waals surface area (Å²) in [5.41, 5.74) is 0.762. The van der Waals surface area contributed by atoms with E-state index < -0.39 is 36.8 Å². The van der Waals surface area contributed by atoms with Crippen LogP contribution in [-0.2, 0) is 11.2 Å². The summed E-state index contributed by atoms with van der Waals surface area (Å²) in [6.07, 6.45) is -4.67. The summed E-state index contributed by atoms with van der Waals surface area (Å²) in [4.78, 5) is 0. The molecule has 5 N–H and O–H groups in total. The SMILES string of the molecule is OC[C@H]1O[C@@]2(CCc3cc(O)ccc3O2)[C@@H](O)[C@@H](O)[C@@H]1O. The van der Waals surface area contributed by atoms with Crippen molar-refractivity contribution in [2.24, 2.45) is 0 Å². The topological polar surface area (TPSA) is 120 Å². The number of phenols is 1. The fourth-order valence-corrected chi connectivity index (χ4v) is 2.91. The number of aliphatic hydroxyl groups is 4. The molecule has 0 saturated carbocycles. The second-order valence-corrected chi connectivity index (χ2v) is 5.47. The summed E-state index contributed by atoms with van der Waals surface area (Å²) in [5.74, 6) is -0.976. The van der Waals surface area contributed by atoms with Crippen molar-refractivity contribution >= 4 is 0 Å². The Kier molecular flexibility index (Phi) is 3.54. The van der Waals surface area contributed by atoms with E-state index in [0.717, 1.165) is 5.56 Å². The monoisotopic (exact) mass is 298 g/mol. The maximum absolute atomic E-state index is 10.2. The maximum atomic E-state index is 10.2. The normalized spacial score (nSPS) is 38.9. The summed E-state index contributed by atoms with van der Waals surface area (Å²) in [6.45, 7) is -0.501. The molecule has 1 saturated heterocycles. The van der Waals surface area contributed by atoms with E-state index in [2.05, 4.69) is 0 Å². The second kappa shape index (κ2) is 5.11. The highest BCUT2D eigenvalue weighted by Crippen LogP contribution is 2.41. The number of aromatic hydroxyl groups is 1. The Balaban J connectivity index is 1.92. The summed E-state index contributed by atoms with van der Waals surface area (Å²) in [6, 6.07) is 4.56. The molecular formula is C14H18O7. The van der Waals surface area contributed by atoms with E-state index in [1.807, 2.05) is 0 Å². The first-order chi connectivity index (χ1) is 9.97. The van der Waals surface area contributed by atoms with Gasteiger partial charge in [0.25, 0.3) is 0 Å². The molecule has 0 aromatic heterocycles. The van der Waals surface area contributed by atoms with Crippen molar-refractivity contribution in [2.45, 2.75) is 43.0 Å². The number of phenolic OH excluding ortho intramolecular Hbond substituents is 1. The zero-order valence-corrected chi connectivity index (χ0v) is 11.2. The molecule has 21 heavy (non-hydrogen) atoms. The van der Waals surface area contributed by atoms with E-state index in [-0.39, 0.29) is 12.2 Å². The molecule has 7 nitrogen and oxygen atoms in total. The van der Waals surface area contributed by atoms with Crippen molar-refractivity contribution in [2.75, 3.05) is 6.61 Å². The van der Waals surface area contributed by atoms with Gasteiger partial charge in [-0.1, -0.05) is 0 Å². The summed E-state index contributed by atoms with van der Waals surface area (Å²) < 4.78 is 11.3. The number of fused-ring (bicyclic) bond motifs is 1. The zero-order valence-electron chi connectivity index (χ0n) is 11.2. The van der Waals surface area contributed by atoms with Crippen molar-refractivity contribution in [3.63, 3.8) is 0 Å². The Morgan fingerprint density at radius 2 is 1.95 bits per heavy atom. The minimum atomic E-state index is -1.52. The molecule has 1 aromatic rings. The van der Waals surface area contributed by atoms with Crippen molar-refractivity contribution in [1.82, 2.24) is 0 Å². The van der Waals surface area contributed by atoms with Crippen LogP contribution in [0.15, 0.2) is 18.2 Å². The Labute approximate surface area is 121 Å². The molecule has 116 valence electrons. The van der Waals surface area contributed by atoms with E-state index in [4.69, 9.17) is 9.47 Å². The Morgan fingerprint density at radius 1 is 1.19 bits per heavy atom. The lowest BCUT2D eigenvalue weighted by molar-refractivity contribution is -0.342. The highest BCUT2D eigenvalue weighted by molar-refractivity contribution is 5.41. The van der Waals surface area contributed by atoms with Gasteiger partial charge >= 0.3 is 0 Å². The van der Waals surface area contributed by atoms with Gasteiger partial charge in [0, 0.05) is 6.42 Å². The van der Waals surface area contributed by atoms with Crippen LogP contribution in [0.4, 0.5) is 0 Å².